The number of anilines is 2. The van der Waals surface area contributed by atoms with Crippen molar-refractivity contribution in [3.63, 3.8) is 0 Å². The van der Waals surface area contributed by atoms with Crippen molar-refractivity contribution in [2.75, 3.05) is 44.4 Å². The zero-order valence-corrected chi connectivity index (χ0v) is 12.9. The number of nitrogens with one attached hydrogen (secondary N) is 1. The average molecular weight is 291 g/mol. The second-order valence-electron chi connectivity index (χ2n) is 5.78. The summed E-state index contributed by atoms with van der Waals surface area (Å²) in [7, 11) is 1.74. The van der Waals surface area contributed by atoms with Gasteiger partial charge in [-0.2, -0.15) is 0 Å². The second-order valence-corrected chi connectivity index (χ2v) is 5.78. The van der Waals surface area contributed by atoms with Crippen LogP contribution in [0.1, 0.15) is 18.4 Å². The lowest BCUT2D eigenvalue weighted by atomic mass is 10.1. The van der Waals surface area contributed by atoms with Crippen LogP contribution in [-0.2, 0) is 9.53 Å². The van der Waals surface area contributed by atoms with Crippen molar-refractivity contribution in [3.8, 4) is 0 Å². The highest BCUT2D eigenvalue weighted by molar-refractivity contribution is 5.92. The van der Waals surface area contributed by atoms with Crippen LogP contribution in [-0.4, -0.2) is 44.2 Å². The second kappa shape index (κ2) is 7.43. The number of hydrogen-bond acceptors (Lipinski definition) is 4. The van der Waals surface area contributed by atoms with Gasteiger partial charge in [0, 0.05) is 38.0 Å². The van der Waals surface area contributed by atoms with Crippen molar-refractivity contribution < 1.29 is 9.53 Å². The topological polar surface area (TPSA) is 67.6 Å². The summed E-state index contributed by atoms with van der Waals surface area (Å²) >= 11 is 0. The first kappa shape index (κ1) is 15.8. The number of nitrogens with zero attached hydrogens (tertiary/aromatic N) is 1. The molecule has 1 aromatic rings. The fourth-order valence-electron chi connectivity index (χ4n) is 2.73. The van der Waals surface area contributed by atoms with Gasteiger partial charge in [0.25, 0.3) is 0 Å². The average Bonchev–Trinajstić information content (AvgIpc) is 2.89. The number of benzene rings is 1. The van der Waals surface area contributed by atoms with Gasteiger partial charge in [-0.25, -0.2) is 0 Å². The molecule has 1 aliphatic heterocycles. The van der Waals surface area contributed by atoms with Gasteiger partial charge >= 0.3 is 0 Å². The highest BCUT2D eigenvalue weighted by Crippen LogP contribution is 2.19. The molecule has 1 unspecified atom stereocenters. The summed E-state index contributed by atoms with van der Waals surface area (Å²) in [4.78, 5) is 14.4. The van der Waals surface area contributed by atoms with Crippen LogP contribution in [0, 0.1) is 12.8 Å². The number of likely N-dealkylation sites (tertiary alicyclic amines) is 1. The molecule has 5 nitrogen and oxygen atoms in total. The van der Waals surface area contributed by atoms with E-state index >= 15 is 0 Å². The highest BCUT2D eigenvalue weighted by Gasteiger charge is 2.22. The Balaban J connectivity index is 1.76. The van der Waals surface area contributed by atoms with Crippen molar-refractivity contribution in [1.29, 1.82) is 0 Å². The fraction of sp³-hybridized carbons (Fsp3) is 0.562. The number of rotatable bonds is 6. The Morgan fingerprint density at radius 3 is 3.10 bits per heavy atom. The number of aryl methyl sites for hydroxylation is 1. The molecule has 116 valence electrons. The first-order chi connectivity index (χ1) is 10.1. The van der Waals surface area contributed by atoms with E-state index in [-0.39, 0.29) is 5.91 Å². The van der Waals surface area contributed by atoms with Crippen LogP contribution >= 0.6 is 0 Å². The van der Waals surface area contributed by atoms with Gasteiger partial charge in [-0.3, -0.25) is 4.79 Å². The minimum Gasteiger partial charge on any atom is -0.399 e. The predicted molar refractivity (Wildman–Crippen MR) is 85.3 cm³/mol. The van der Waals surface area contributed by atoms with Crippen LogP contribution < -0.4 is 11.1 Å². The molecule has 1 heterocycles. The molecule has 0 bridgehead atoms. The first-order valence-electron chi connectivity index (χ1n) is 7.45. The van der Waals surface area contributed by atoms with E-state index in [1.165, 1.54) is 0 Å². The zero-order chi connectivity index (χ0) is 15.2. The molecule has 0 spiro atoms. The summed E-state index contributed by atoms with van der Waals surface area (Å²) in [6.07, 6.45) is 1.66. The Bertz CT molecular complexity index is 490. The molecule has 0 saturated carbocycles. The van der Waals surface area contributed by atoms with E-state index in [9.17, 15) is 4.79 Å². The number of amides is 1. The van der Waals surface area contributed by atoms with Crippen molar-refractivity contribution >= 4 is 17.3 Å². The molecule has 1 aliphatic rings. The van der Waals surface area contributed by atoms with E-state index in [1.54, 1.807) is 13.2 Å². The van der Waals surface area contributed by atoms with Crippen LogP contribution in [0.4, 0.5) is 11.4 Å². The number of carbonyl (C=O) groups is 1. The Kier molecular flexibility index (Phi) is 5.59. The largest absolute Gasteiger partial charge is 0.399 e. The van der Waals surface area contributed by atoms with Crippen LogP contribution in [0.5, 0.6) is 0 Å². The maximum absolute atomic E-state index is 12.0. The molecule has 1 saturated heterocycles. The van der Waals surface area contributed by atoms with Gasteiger partial charge in [0.15, 0.2) is 0 Å². The first-order valence-corrected chi connectivity index (χ1v) is 7.45. The highest BCUT2D eigenvalue weighted by atomic mass is 16.5. The summed E-state index contributed by atoms with van der Waals surface area (Å²) in [5.74, 6) is 0.646. The lowest BCUT2D eigenvalue weighted by Crippen LogP contribution is -2.26. The lowest BCUT2D eigenvalue weighted by Gasteiger charge is -2.16. The van der Waals surface area contributed by atoms with Crippen LogP contribution in [0.2, 0.25) is 0 Å². The number of ether oxygens (including phenoxy) is 1. The number of nitrogen functional groups attached to an aromatic ring is 1. The van der Waals surface area contributed by atoms with Gasteiger partial charge in [-0.05, 0) is 43.5 Å². The van der Waals surface area contributed by atoms with Gasteiger partial charge in [-0.1, -0.05) is 6.07 Å². The van der Waals surface area contributed by atoms with Crippen molar-refractivity contribution in [3.05, 3.63) is 23.8 Å². The minimum absolute atomic E-state index is 0.0406. The van der Waals surface area contributed by atoms with E-state index in [4.69, 9.17) is 10.5 Å². The van der Waals surface area contributed by atoms with E-state index in [1.807, 2.05) is 19.1 Å². The number of hydrogen-bond donors (Lipinski definition) is 2. The number of nitrogens with two attached hydrogens (primary N) is 1. The molecule has 1 atom stereocenters. The third-order valence-electron chi connectivity index (χ3n) is 3.96. The molecule has 3 N–H and O–H groups in total. The van der Waals surface area contributed by atoms with Crippen molar-refractivity contribution in [1.82, 2.24) is 4.90 Å². The molecular weight excluding hydrogens is 266 g/mol. The van der Waals surface area contributed by atoms with Crippen molar-refractivity contribution in [2.24, 2.45) is 5.92 Å². The molecule has 0 radical (unpaired) electrons. The minimum atomic E-state index is 0.0406. The molecule has 5 heteroatoms. The molecule has 1 fully saturated rings. The predicted octanol–water partition coefficient (Wildman–Crippen LogP) is 1.87. The summed E-state index contributed by atoms with van der Waals surface area (Å²) in [5, 5.41) is 2.94. The monoisotopic (exact) mass is 291 g/mol. The summed E-state index contributed by atoms with van der Waals surface area (Å²) in [5.41, 5.74) is 8.24. The number of methoxy groups -OCH3 is 1. The smallest absolute Gasteiger partial charge is 0.225 e. The molecular formula is C16H25N3O2. The van der Waals surface area contributed by atoms with Gasteiger partial charge in [0.05, 0.1) is 6.61 Å². The van der Waals surface area contributed by atoms with Crippen LogP contribution in [0.25, 0.3) is 0 Å². The molecule has 1 amide bonds. The SMILES string of the molecule is COCC1CCN(CCC(=O)Nc2cc(N)ccc2C)C1. The van der Waals surface area contributed by atoms with Gasteiger partial charge < -0.3 is 20.7 Å². The van der Waals surface area contributed by atoms with Gasteiger partial charge in [-0.15, -0.1) is 0 Å². The normalized spacial score (nSPS) is 18.9. The number of carbonyl (C=O) groups excluding carboxylic acids is 1. The Morgan fingerprint density at radius 2 is 2.33 bits per heavy atom. The molecule has 21 heavy (non-hydrogen) atoms. The van der Waals surface area contributed by atoms with Gasteiger partial charge in [0.2, 0.25) is 5.91 Å². The standard InChI is InChI=1S/C16H25N3O2/c1-12-3-4-14(17)9-15(12)18-16(20)6-8-19-7-5-13(10-19)11-21-2/h3-4,9,13H,5-8,10-11,17H2,1-2H3,(H,18,20). The van der Waals surface area contributed by atoms with Crippen LogP contribution in [0.3, 0.4) is 0 Å². The molecule has 1 aromatic carbocycles. The molecule has 0 aliphatic carbocycles. The Hall–Kier alpha value is -1.59. The Labute approximate surface area is 126 Å². The van der Waals surface area contributed by atoms with E-state index in [2.05, 4.69) is 10.2 Å². The Morgan fingerprint density at radius 1 is 1.52 bits per heavy atom. The van der Waals surface area contributed by atoms with Crippen molar-refractivity contribution in [2.45, 2.75) is 19.8 Å². The molecule has 2 rings (SSSR count). The third kappa shape index (κ3) is 4.72. The van der Waals surface area contributed by atoms with E-state index < -0.39 is 0 Å². The zero-order valence-electron chi connectivity index (χ0n) is 12.9. The summed E-state index contributed by atoms with van der Waals surface area (Å²) in [6, 6.07) is 5.56. The van der Waals surface area contributed by atoms with E-state index in [0.29, 0.717) is 18.0 Å². The summed E-state index contributed by atoms with van der Waals surface area (Å²) in [6.45, 7) is 5.65. The van der Waals surface area contributed by atoms with Gasteiger partial charge in [0.1, 0.15) is 0 Å². The third-order valence-corrected chi connectivity index (χ3v) is 3.96. The quantitative estimate of drug-likeness (QED) is 0.785. The maximum Gasteiger partial charge on any atom is 0.225 e. The molecule has 0 aromatic heterocycles. The fourth-order valence-corrected chi connectivity index (χ4v) is 2.73. The lowest BCUT2D eigenvalue weighted by molar-refractivity contribution is -0.116. The van der Waals surface area contributed by atoms with Crippen LogP contribution in [0.15, 0.2) is 18.2 Å². The maximum atomic E-state index is 12.0. The van der Waals surface area contributed by atoms with E-state index in [0.717, 1.165) is 43.9 Å². The summed E-state index contributed by atoms with van der Waals surface area (Å²) < 4.78 is 5.19.